The fourth-order valence-corrected chi connectivity index (χ4v) is 4.10. The number of aromatic nitrogens is 1. The van der Waals surface area contributed by atoms with E-state index in [9.17, 15) is 5.26 Å². The molecule has 0 aliphatic carbocycles. The van der Waals surface area contributed by atoms with Gasteiger partial charge in [0.05, 0.1) is 11.1 Å². The number of pyridine rings is 1. The molecule has 2 nitrogen and oxygen atoms in total. The van der Waals surface area contributed by atoms with Gasteiger partial charge in [-0.25, -0.2) is 4.98 Å². The molecule has 0 amide bonds. The lowest BCUT2D eigenvalue weighted by Crippen LogP contribution is -1.86. The minimum Gasteiger partial charge on any atom is -0.237 e. The van der Waals surface area contributed by atoms with E-state index in [0.717, 1.165) is 35.6 Å². The van der Waals surface area contributed by atoms with E-state index in [0.29, 0.717) is 0 Å². The van der Waals surface area contributed by atoms with E-state index in [1.54, 1.807) is 11.3 Å². The Hall–Kier alpha value is -1.71. The first kappa shape index (κ1) is 12.1. The summed E-state index contributed by atoms with van der Waals surface area (Å²) in [5, 5.41) is 12.7. The second-order valence-electron chi connectivity index (χ2n) is 4.54. The lowest BCUT2D eigenvalue weighted by atomic mass is 10.0. The summed E-state index contributed by atoms with van der Waals surface area (Å²) in [5.41, 5.74) is 1.63. The summed E-state index contributed by atoms with van der Waals surface area (Å²) in [5.74, 6) is 0. The minimum atomic E-state index is 0.737. The molecular formula is C16H7IN2S. The van der Waals surface area contributed by atoms with Crippen molar-refractivity contribution in [3.63, 3.8) is 0 Å². The summed E-state index contributed by atoms with van der Waals surface area (Å²) in [7, 11) is 0. The number of rotatable bonds is 0. The van der Waals surface area contributed by atoms with E-state index in [4.69, 9.17) is 4.98 Å². The highest BCUT2D eigenvalue weighted by atomic mass is 127. The standard InChI is InChI=1S/C16H7IN2S/c17-9-5-6-13-11(7-9)12(8-18)15-10-3-1-2-4-14(10)20-16(15)19-13/h1-7H. The van der Waals surface area contributed by atoms with Crippen molar-refractivity contribution in [3.05, 3.63) is 51.6 Å². The van der Waals surface area contributed by atoms with Gasteiger partial charge in [0.1, 0.15) is 10.9 Å². The molecule has 0 spiro atoms. The van der Waals surface area contributed by atoms with Crippen molar-refractivity contribution in [1.82, 2.24) is 4.98 Å². The average Bonchev–Trinajstić information content (AvgIpc) is 2.83. The molecule has 0 N–H and O–H groups in total. The van der Waals surface area contributed by atoms with Crippen molar-refractivity contribution >= 4 is 65.1 Å². The van der Waals surface area contributed by atoms with Gasteiger partial charge >= 0.3 is 0 Å². The van der Waals surface area contributed by atoms with Crippen LogP contribution in [0.4, 0.5) is 0 Å². The lowest BCUT2D eigenvalue weighted by Gasteiger charge is -2.02. The Labute approximate surface area is 132 Å². The molecule has 4 aromatic rings. The predicted octanol–water partition coefficient (Wildman–Crippen LogP) is 5.08. The zero-order valence-corrected chi connectivity index (χ0v) is 13.2. The number of hydrogen-bond acceptors (Lipinski definition) is 3. The first-order valence-electron chi connectivity index (χ1n) is 6.08. The van der Waals surface area contributed by atoms with E-state index in [2.05, 4.69) is 40.8 Å². The Kier molecular flexibility index (Phi) is 2.65. The summed E-state index contributed by atoms with van der Waals surface area (Å²) in [6.45, 7) is 0. The van der Waals surface area contributed by atoms with E-state index in [-0.39, 0.29) is 0 Å². The first-order valence-corrected chi connectivity index (χ1v) is 7.98. The van der Waals surface area contributed by atoms with Crippen molar-refractivity contribution < 1.29 is 0 Å². The number of nitrogens with zero attached hydrogens (tertiary/aromatic N) is 2. The van der Waals surface area contributed by atoms with E-state index in [1.807, 2.05) is 30.3 Å². The summed E-state index contributed by atoms with van der Waals surface area (Å²) >= 11 is 3.91. The van der Waals surface area contributed by atoms with Crippen molar-refractivity contribution in [2.45, 2.75) is 0 Å². The number of fused-ring (bicyclic) bond motifs is 4. The SMILES string of the molecule is N#Cc1c2cc(I)ccc2nc2sc3ccccc3c12. The lowest BCUT2D eigenvalue weighted by molar-refractivity contribution is 1.49. The van der Waals surface area contributed by atoms with Gasteiger partial charge in [0, 0.05) is 24.4 Å². The molecule has 0 aliphatic rings. The third kappa shape index (κ3) is 1.63. The number of thiophene rings is 1. The van der Waals surface area contributed by atoms with Crippen LogP contribution in [0.2, 0.25) is 0 Å². The normalized spacial score (nSPS) is 11.2. The highest BCUT2D eigenvalue weighted by Crippen LogP contribution is 2.37. The van der Waals surface area contributed by atoms with E-state index < -0.39 is 0 Å². The molecule has 2 aromatic heterocycles. The number of benzene rings is 2. The molecule has 0 bridgehead atoms. The fraction of sp³-hybridized carbons (Fsp3) is 0. The van der Waals surface area contributed by atoms with Crippen molar-refractivity contribution in [3.8, 4) is 6.07 Å². The Morgan fingerprint density at radius 1 is 1.10 bits per heavy atom. The van der Waals surface area contributed by atoms with Gasteiger partial charge < -0.3 is 0 Å². The van der Waals surface area contributed by atoms with Gasteiger partial charge in [-0.3, -0.25) is 0 Å². The molecule has 4 heteroatoms. The van der Waals surface area contributed by atoms with Gasteiger partial charge in [-0.15, -0.1) is 11.3 Å². The Morgan fingerprint density at radius 2 is 1.95 bits per heavy atom. The molecule has 20 heavy (non-hydrogen) atoms. The van der Waals surface area contributed by atoms with E-state index in [1.165, 1.54) is 4.70 Å². The van der Waals surface area contributed by atoms with Crippen LogP contribution in [0.1, 0.15) is 5.56 Å². The summed E-state index contributed by atoms with van der Waals surface area (Å²) in [6.07, 6.45) is 0. The molecule has 0 unspecified atom stereocenters. The smallest absolute Gasteiger partial charge is 0.126 e. The van der Waals surface area contributed by atoms with Gasteiger partial charge in [0.15, 0.2) is 0 Å². The van der Waals surface area contributed by atoms with Crippen molar-refractivity contribution in [2.24, 2.45) is 0 Å². The monoisotopic (exact) mass is 386 g/mol. The van der Waals surface area contributed by atoms with Gasteiger partial charge in [-0.2, -0.15) is 5.26 Å². The van der Waals surface area contributed by atoms with Crippen LogP contribution in [0, 0.1) is 14.9 Å². The second kappa shape index (κ2) is 4.40. The molecule has 0 saturated carbocycles. The maximum Gasteiger partial charge on any atom is 0.126 e. The highest BCUT2D eigenvalue weighted by Gasteiger charge is 2.14. The predicted molar refractivity (Wildman–Crippen MR) is 92.1 cm³/mol. The third-order valence-corrected chi connectivity index (χ3v) is 5.12. The van der Waals surface area contributed by atoms with Crippen molar-refractivity contribution in [1.29, 1.82) is 5.26 Å². The third-order valence-electron chi connectivity index (χ3n) is 3.39. The van der Waals surface area contributed by atoms with Crippen LogP contribution in [0.15, 0.2) is 42.5 Å². The molecular weight excluding hydrogens is 379 g/mol. The first-order chi connectivity index (χ1) is 9.78. The molecule has 2 heterocycles. The van der Waals surface area contributed by atoms with Crippen LogP contribution >= 0.6 is 33.9 Å². The largest absolute Gasteiger partial charge is 0.237 e. The Bertz CT molecular complexity index is 1030. The molecule has 0 radical (unpaired) electrons. The molecule has 0 fully saturated rings. The van der Waals surface area contributed by atoms with Gasteiger partial charge in [-0.1, -0.05) is 18.2 Å². The van der Waals surface area contributed by atoms with Crippen LogP contribution < -0.4 is 0 Å². The Morgan fingerprint density at radius 3 is 2.80 bits per heavy atom. The molecule has 0 aliphatic heterocycles. The molecule has 2 aromatic carbocycles. The van der Waals surface area contributed by atoms with Gasteiger partial charge in [0.25, 0.3) is 0 Å². The quantitative estimate of drug-likeness (QED) is 0.395. The zero-order chi connectivity index (χ0) is 13.7. The zero-order valence-electron chi connectivity index (χ0n) is 10.2. The number of hydrogen-bond donors (Lipinski definition) is 0. The molecule has 0 saturated heterocycles. The highest BCUT2D eigenvalue weighted by molar-refractivity contribution is 14.1. The van der Waals surface area contributed by atoms with Crippen LogP contribution in [-0.2, 0) is 0 Å². The average molecular weight is 386 g/mol. The summed E-state index contributed by atoms with van der Waals surface area (Å²) in [4.78, 5) is 5.67. The van der Waals surface area contributed by atoms with Gasteiger partial charge in [0.2, 0.25) is 0 Å². The molecule has 0 atom stereocenters. The number of nitriles is 1. The summed E-state index contributed by atoms with van der Waals surface area (Å²) in [6, 6.07) is 16.6. The van der Waals surface area contributed by atoms with E-state index >= 15 is 0 Å². The fourth-order valence-electron chi connectivity index (χ4n) is 2.52. The molecule has 4 rings (SSSR count). The van der Waals surface area contributed by atoms with Crippen LogP contribution in [-0.4, -0.2) is 4.98 Å². The maximum atomic E-state index is 9.63. The topological polar surface area (TPSA) is 36.7 Å². The van der Waals surface area contributed by atoms with Crippen molar-refractivity contribution in [2.75, 3.05) is 0 Å². The maximum absolute atomic E-state index is 9.63. The second-order valence-corrected chi connectivity index (χ2v) is 6.81. The van der Waals surface area contributed by atoms with Crippen LogP contribution in [0.3, 0.4) is 0 Å². The Balaban J connectivity index is 2.34. The minimum absolute atomic E-state index is 0.737. The van der Waals surface area contributed by atoms with Crippen LogP contribution in [0.5, 0.6) is 0 Å². The number of halogens is 1. The van der Waals surface area contributed by atoms with Gasteiger partial charge in [-0.05, 0) is 46.9 Å². The molecule has 94 valence electrons. The van der Waals surface area contributed by atoms with Crippen LogP contribution in [0.25, 0.3) is 31.2 Å². The summed E-state index contributed by atoms with van der Waals surface area (Å²) < 4.78 is 2.30.